The van der Waals surface area contributed by atoms with Crippen molar-refractivity contribution in [3.05, 3.63) is 35.9 Å². The molecule has 0 aliphatic carbocycles. The molecule has 1 aromatic carbocycles. The summed E-state index contributed by atoms with van der Waals surface area (Å²) < 4.78 is 0. The van der Waals surface area contributed by atoms with Crippen molar-refractivity contribution in [2.75, 3.05) is 0 Å². The molecule has 1 unspecified atom stereocenters. The van der Waals surface area contributed by atoms with Crippen molar-refractivity contribution in [1.29, 1.82) is 0 Å². The van der Waals surface area contributed by atoms with Gasteiger partial charge in [-0.15, -0.1) is 0 Å². The van der Waals surface area contributed by atoms with Crippen LogP contribution < -0.4 is 0 Å². The number of carboxylic acids is 2. The van der Waals surface area contributed by atoms with E-state index in [4.69, 9.17) is 10.2 Å². The van der Waals surface area contributed by atoms with Gasteiger partial charge in [-0.25, -0.2) is 0 Å². The molecule has 0 aliphatic heterocycles. The molecule has 4 nitrogen and oxygen atoms in total. The second-order valence-electron chi connectivity index (χ2n) is 6.39. The van der Waals surface area contributed by atoms with Crippen molar-refractivity contribution in [3.8, 4) is 0 Å². The molecule has 1 atom stereocenters. The third kappa shape index (κ3) is 17.2. The van der Waals surface area contributed by atoms with Crippen LogP contribution in [0.1, 0.15) is 76.2 Å². The van der Waals surface area contributed by atoms with E-state index in [0.29, 0.717) is 0 Å². The molecule has 0 saturated heterocycles. The minimum atomic E-state index is -1.31. The fourth-order valence-corrected chi connectivity index (χ4v) is 2.81. The molecule has 0 spiro atoms. The molecule has 0 aromatic heterocycles. The minimum absolute atomic E-state index is 0. The fourth-order valence-electron chi connectivity index (χ4n) is 2.81. The molecule has 0 radical (unpaired) electrons. The third-order valence-electron chi connectivity index (χ3n) is 4.22. The summed E-state index contributed by atoms with van der Waals surface area (Å²) in [4.78, 5) is 18.9. The Kier molecular flexibility index (Phi) is 21.0. The van der Waals surface area contributed by atoms with E-state index >= 15 is 0 Å². The van der Waals surface area contributed by atoms with Crippen LogP contribution in [0.15, 0.2) is 30.3 Å². The predicted molar refractivity (Wildman–Crippen MR) is 109 cm³/mol. The van der Waals surface area contributed by atoms with E-state index in [0.717, 1.165) is 5.92 Å². The zero-order valence-electron chi connectivity index (χ0n) is 15.7. The summed E-state index contributed by atoms with van der Waals surface area (Å²) >= 11 is 2.32. The van der Waals surface area contributed by atoms with Crippen LogP contribution in [0.2, 0.25) is 5.09 Å². The van der Waals surface area contributed by atoms with Gasteiger partial charge in [0.05, 0.1) is 0 Å². The molecule has 6 heteroatoms. The number of rotatable bonds is 12. The molecule has 2 N–H and O–H groups in total. The Hall–Kier alpha value is -0.243. The molecule has 1 rings (SSSR count). The van der Waals surface area contributed by atoms with Crippen LogP contribution in [0.25, 0.3) is 0 Å². The number of aliphatic carboxylic acids is 2. The number of unbranched alkanes of at least 4 members (excludes halogenated alkanes) is 6. The van der Waals surface area contributed by atoms with Gasteiger partial charge in [0.1, 0.15) is 6.42 Å². The van der Waals surface area contributed by atoms with Gasteiger partial charge in [-0.3, -0.25) is 9.59 Å². The van der Waals surface area contributed by atoms with Gasteiger partial charge in [0, 0.05) is 0 Å². The Morgan fingerprint density at radius 1 is 0.923 bits per heavy atom. The van der Waals surface area contributed by atoms with Gasteiger partial charge in [0.15, 0.2) is 0 Å². The first-order valence-electron chi connectivity index (χ1n) is 9.49. The van der Waals surface area contributed by atoms with Crippen LogP contribution in [-0.4, -0.2) is 69.4 Å². The monoisotopic (exact) mass is 366 g/mol. The van der Waals surface area contributed by atoms with Crippen molar-refractivity contribution >= 4 is 59.2 Å². The molecular formula is C20H32LiNaO4. The molecule has 0 aliphatic rings. The third-order valence-corrected chi connectivity index (χ3v) is 4.22. The van der Waals surface area contributed by atoms with Crippen molar-refractivity contribution in [3.63, 3.8) is 0 Å². The Labute approximate surface area is 189 Å². The molecule has 0 amide bonds. The van der Waals surface area contributed by atoms with Gasteiger partial charge in [0.2, 0.25) is 0 Å². The quantitative estimate of drug-likeness (QED) is 0.327. The summed E-state index contributed by atoms with van der Waals surface area (Å²) in [5.41, 5.74) is 1.53. The second-order valence-corrected chi connectivity index (χ2v) is 6.39. The average molecular weight is 366 g/mol. The van der Waals surface area contributed by atoms with Crippen LogP contribution in [0.4, 0.5) is 0 Å². The van der Waals surface area contributed by atoms with Crippen LogP contribution in [0.5, 0.6) is 0 Å². The molecule has 1 aromatic rings. The van der Waals surface area contributed by atoms with Crippen molar-refractivity contribution < 1.29 is 19.8 Å². The van der Waals surface area contributed by atoms with Crippen molar-refractivity contribution in [2.45, 2.75) is 75.7 Å². The molecule has 138 valence electrons. The van der Waals surface area contributed by atoms with Crippen LogP contribution in [-0.2, 0) is 9.59 Å². The molecule has 26 heavy (non-hydrogen) atoms. The maximum absolute atomic E-state index is 9.43. The molecule has 0 saturated carbocycles. The van der Waals surface area contributed by atoms with E-state index in [-0.39, 0.29) is 29.6 Å². The van der Waals surface area contributed by atoms with Gasteiger partial charge in [-0.1, -0.05) is 0 Å². The van der Waals surface area contributed by atoms with Gasteiger partial charge in [-0.2, -0.15) is 0 Å². The van der Waals surface area contributed by atoms with Crippen LogP contribution in [0.3, 0.4) is 0 Å². The first-order valence-corrected chi connectivity index (χ1v) is 9.49. The first kappa shape index (κ1) is 28.0. The van der Waals surface area contributed by atoms with Gasteiger partial charge >= 0.3 is 164 Å². The maximum atomic E-state index is 9.43. The SMILES string of the molecule is O=C(O)CC(=O)O.[Li][CH2]C(CCCCCCCCC)c1ccccc1.[NaH]. The molecule has 0 heterocycles. The van der Waals surface area contributed by atoms with Gasteiger partial charge in [-0.05, 0) is 0 Å². The summed E-state index contributed by atoms with van der Waals surface area (Å²) in [7, 11) is 0. The number of hydrogen-bond donors (Lipinski definition) is 2. The number of carboxylic acid groups (broad SMARTS) is 2. The zero-order valence-corrected chi connectivity index (χ0v) is 15.7. The summed E-state index contributed by atoms with van der Waals surface area (Å²) in [5.74, 6) is -1.85. The fraction of sp³-hybridized carbons (Fsp3) is 0.600. The van der Waals surface area contributed by atoms with Crippen LogP contribution >= 0.6 is 0 Å². The number of hydrogen-bond acceptors (Lipinski definition) is 2. The van der Waals surface area contributed by atoms with E-state index in [1.807, 2.05) is 0 Å². The summed E-state index contributed by atoms with van der Waals surface area (Å²) in [6.07, 6.45) is 10.5. The summed E-state index contributed by atoms with van der Waals surface area (Å²) in [5, 5.41) is 16.7. The molecule has 0 fully saturated rings. The summed E-state index contributed by atoms with van der Waals surface area (Å²) in [6.45, 7) is 2.28. The Bertz CT molecular complexity index is 456. The standard InChI is InChI=1S/C17H27.C3H4O4.Li.Na.H/c1-3-4-5-6-7-8-10-13-16(2)17-14-11-9-12-15-17;4-2(5)1-3(6)7;;;/h9,11-12,14-16H,2-8,10,13H2,1H3;1H2,(H,4,5)(H,6,7);;;. The number of carbonyl (C=O) groups is 2. The average Bonchev–Trinajstić information content (AvgIpc) is 2.57. The van der Waals surface area contributed by atoms with Crippen LogP contribution in [0, 0.1) is 0 Å². The Morgan fingerprint density at radius 3 is 1.85 bits per heavy atom. The zero-order chi connectivity index (χ0) is 18.9. The number of benzene rings is 1. The topological polar surface area (TPSA) is 74.6 Å². The second kappa shape index (κ2) is 19.5. The van der Waals surface area contributed by atoms with E-state index in [9.17, 15) is 9.59 Å². The van der Waals surface area contributed by atoms with E-state index in [1.54, 1.807) is 0 Å². The van der Waals surface area contributed by atoms with Gasteiger partial charge < -0.3 is 10.2 Å². The van der Waals surface area contributed by atoms with Crippen molar-refractivity contribution in [2.24, 2.45) is 0 Å². The Morgan fingerprint density at radius 2 is 1.42 bits per heavy atom. The molecule has 0 bridgehead atoms. The predicted octanol–water partition coefficient (Wildman–Crippen LogP) is 4.39. The van der Waals surface area contributed by atoms with Crippen molar-refractivity contribution in [1.82, 2.24) is 0 Å². The first-order chi connectivity index (χ1) is 12.0. The van der Waals surface area contributed by atoms with E-state index in [2.05, 4.69) is 55.0 Å². The molecular weight excluding hydrogens is 334 g/mol. The van der Waals surface area contributed by atoms with Gasteiger partial charge in [0.25, 0.3) is 0 Å². The van der Waals surface area contributed by atoms with E-state index < -0.39 is 18.4 Å². The Balaban J connectivity index is 0. The summed E-state index contributed by atoms with van der Waals surface area (Å²) in [6, 6.07) is 11.0. The van der Waals surface area contributed by atoms with E-state index in [1.165, 1.54) is 62.0 Å². The normalized spacial score (nSPS) is 10.9.